The SMILES string of the molecule is CCNC(c1cccs1)c1cc2c(cc1Br)OCCO2. The Hall–Kier alpha value is -1.04. The Kier molecular flexibility index (Phi) is 4.29. The van der Waals surface area contributed by atoms with Gasteiger partial charge in [0.25, 0.3) is 0 Å². The summed E-state index contributed by atoms with van der Waals surface area (Å²) in [5.41, 5.74) is 1.18. The van der Waals surface area contributed by atoms with Crippen molar-refractivity contribution in [3.8, 4) is 11.5 Å². The molecule has 1 aliphatic heterocycles. The maximum Gasteiger partial charge on any atom is 0.162 e. The quantitative estimate of drug-likeness (QED) is 0.901. The number of thiophene rings is 1. The summed E-state index contributed by atoms with van der Waals surface area (Å²) in [6.07, 6.45) is 0. The minimum Gasteiger partial charge on any atom is -0.486 e. The lowest BCUT2D eigenvalue weighted by Gasteiger charge is -2.23. The van der Waals surface area contributed by atoms with E-state index in [4.69, 9.17) is 9.47 Å². The summed E-state index contributed by atoms with van der Waals surface area (Å²) in [4.78, 5) is 1.30. The highest BCUT2D eigenvalue weighted by molar-refractivity contribution is 9.10. The summed E-state index contributed by atoms with van der Waals surface area (Å²) in [6.45, 7) is 4.25. The molecule has 0 amide bonds. The molecule has 0 spiro atoms. The van der Waals surface area contributed by atoms with Crippen molar-refractivity contribution in [2.24, 2.45) is 0 Å². The van der Waals surface area contributed by atoms with Gasteiger partial charge < -0.3 is 14.8 Å². The van der Waals surface area contributed by atoms with Crippen molar-refractivity contribution in [1.29, 1.82) is 0 Å². The molecule has 106 valence electrons. The number of halogens is 1. The number of nitrogens with one attached hydrogen (secondary N) is 1. The summed E-state index contributed by atoms with van der Waals surface area (Å²) >= 11 is 5.42. The van der Waals surface area contributed by atoms with Crippen LogP contribution in [-0.2, 0) is 0 Å². The number of rotatable bonds is 4. The summed E-state index contributed by atoms with van der Waals surface area (Å²) in [7, 11) is 0. The second kappa shape index (κ2) is 6.16. The fourth-order valence-electron chi connectivity index (χ4n) is 2.32. The molecule has 5 heteroatoms. The van der Waals surface area contributed by atoms with Crippen LogP contribution in [0.3, 0.4) is 0 Å². The van der Waals surface area contributed by atoms with Gasteiger partial charge in [-0.3, -0.25) is 0 Å². The van der Waals surface area contributed by atoms with Gasteiger partial charge in [0.2, 0.25) is 0 Å². The van der Waals surface area contributed by atoms with Crippen LogP contribution >= 0.6 is 27.3 Å². The lowest BCUT2D eigenvalue weighted by molar-refractivity contribution is 0.171. The number of hydrogen-bond donors (Lipinski definition) is 1. The van der Waals surface area contributed by atoms with Gasteiger partial charge in [-0.25, -0.2) is 0 Å². The van der Waals surface area contributed by atoms with Crippen LogP contribution in [0.15, 0.2) is 34.1 Å². The molecule has 3 nitrogen and oxygen atoms in total. The average molecular weight is 354 g/mol. The molecule has 1 N–H and O–H groups in total. The topological polar surface area (TPSA) is 30.5 Å². The Morgan fingerprint density at radius 3 is 2.70 bits per heavy atom. The maximum atomic E-state index is 5.69. The lowest BCUT2D eigenvalue weighted by Crippen LogP contribution is -2.22. The van der Waals surface area contributed by atoms with Crippen LogP contribution in [0.5, 0.6) is 11.5 Å². The molecule has 0 aliphatic carbocycles. The fourth-order valence-corrected chi connectivity index (χ4v) is 3.69. The van der Waals surface area contributed by atoms with Crippen LogP contribution in [0.1, 0.15) is 23.4 Å². The smallest absolute Gasteiger partial charge is 0.162 e. The fraction of sp³-hybridized carbons (Fsp3) is 0.333. The molecule has 20 heavy (non-hydrogen) atoms. The van der Waals surface area contributed by atoms with E-state index >= 15 is 0 Å². The predicted octanol–water partition coefficient (Wildman–Crippen LogP) is 3.98. The second-order valence-electron chi connectivity index (χ2n) is 4.52. The number of benzene rings is 1. The largest absolute Gasteiger partial charge is 0.486 e. The van der Waals surface area contributed by atoms with Gasteiger partial charge in [-0.15, -0.1) is 11.3 Å². The summed E-state index contributed by atoms with van der Waals surface area (Å²) < 4.78 is 12.4. The highest BCUT2D eigenvalue weighted by Crippen LogP contribution is 2.40. The van der Waals surface area contributed by atoms with Crippen LogP contribution in [0.25, 0.3) is 0 Å². The van der Waals surface area contributed by atoms with E-state index < -0.39 is 0 Å². The van der Waals surface area contributed by atoms with Gasteiger partial charge in [0.1, 0.15) is 13.2 Å². The highest BCUT2D eigenvalue weighted by Gasteiger charge is 2.21. The maximum absolute atomic E-state index is 5.69. The van der Waals surface area contributed by atoms with Crippen LogP contribution in [0.2, 0.25) is 0 Å². The molecule has 1 aromatic carbocycles. The Bertz CT molecular complexity index is 586. The molecule has 1 atom stereocenters. The number of fused-ring (bicyclic) bond motifs is 1. The average Bonchev–Trinajstić information content (AvgIpc) is 2.98. The standard InChI is InChI=1S/C15H16BrNO2S/c1-2-17-15(14-4-3-7-20-14)10-8-12-13(9-11(10)16)19-6-5-18-12/h3-4,7-9,15,17H,2,5-6H2,1H3. The minimum atomic E-state index is 0.171. The zero-order chi connectivity index (χ0) is 13.9. The van der Waals surface area contributed by atoms with Crippen LogP contribution in [0, 0.1) is 0 Å². The monoisotopic (exact) mass is 353 g/mol. The van der Waals surface area contributed by atoms with E-state index in [1.165, 1.54) is 10.4 Å². The van der Waals surface area contributed by atoms with Crippen LogP contribution in [0.4, 0.5) is 0 Å². The molecule has 2 heterocycles. The van der Waals surface area contributed by atoms with E-state index in [-0.39, 0.29) is 6.04 Å². The van der Waals surface area contributed by atoms with Gasteiger partial charge in [-0.2, -0.15) is 0 Å². The third-order valence-electron chi connectivity index (χ3n) is 3.21. The molecule has 0 fully saturated rings. The Morgan fingerprint density at radius 2 is 2.05 bits per heavy atom. The molecule has 1 aliphatic rings. The molecule has 0 saturated heterocycles. The van der Waals surface area contributed by atoms with Gasteiger partial charge in [0, 0.05) is 9.35 Å². The van der Waals surface area contributed by atoms with Crippen molar-refractivity contribution in [2.45, 2.75) is 13.0 Å². The molecule has 0 bridgehead atoms. The molecular formula is C15H16BrNO2S. The Labute approximate surface area is 131 Å². The predicted molar refractivity (Wildman–Crippen MR) is 85.0 cm³/mol. The Balaban J connectivity index is 2.02. The molecule has 0 radical (unpaired) electrons. The van der Waals surface area contributed by atoms with E-state index in [1.54, 1.807) is 11.3 Å². The van der Waals surface area contributed by atoms with E-state index in [0.717, 1.165) is 22.5 Å². The van der Waals surface area contributed by atoms with Crippen molar-refractivity contribution in [2.75, 3.05) is 19.8 Å². The summed E-state index contributed by atoms with van der Waals surface area (Å²) in [6, 6.07) is 8.48. The normalized spacial score (nSPS) is 15.1. The zero-order valence-electron chi connectivity index (χ0n) is 11.2. The minimum absolute atomic E-state index is 0.171. The molecular weight excluding hydrogens is 338 g/mol. The number of hydrogen-bond acceptors (Lipinski definition) is 4. The van der Waals surface area contributed by atoms with Crippen molar-refractivity contribution >= 4 is 27.3 Å². The highest BCUT2D eigenvalue weighted by atomic mass is 79.9. The first-order chi connectivity index (χ1) is 9.79. The molecule has 1 unspecified atom stereocenters. The van der Waals surface area contributed by atoms with Gasteiger partial charge in [0.05, 0.1) is 6.04 Å². The van der Waals surface area contributed by atoms with E-state index in [9.17, 15) is 0 Å². The van der Waals surface area contributed by atoms with Crippen molar-refractivity contribution < 1.29 is 9.47 Å². The molecule has 2 aromatic rings. The van der Waals surface area contributed by atoms with Gasteiger partial charge in [0.15, 0.2) is 11.5 Å². The Morgan fingerprint density at radius 1 is 1.30 bits per heavy atom. The van der Waals surface area contributed by atoms with Crippen molar-refractivity contribution in [3.63, 3.8) is 0 Å². The first-order valence-electron chi connectivity index (χ1n) is 6.65. The summed E-state index contributed by atoms with van der Waals surface area (Å²) in [5.74, 6) is 1.64. The zero-order valence-corrected chi connectivity index (χ0v) is 13.6. The third kappa shape index (κ3) is 2.71. The molecule has 0 saturated carbocycles. The van der Waals surface area contributed by atoms with Gasteiger partial charge in [-0.1, -0.05) is 28.9 Å². The first-order valence-corrected chi connectivity index (χ1v) is 8.32. The lowest BCUT2D eigenvalue weighted by atomic mass is 10.0. The molecule has 3 rings (SSSR count). The first kappa shape index (κ1) is 13.9. The van der Waals surface area contributed by atoms with E-state index in [1.807, 2.05) is 6.07 Å². The van der Waals surface area contributed by atoms with Crippen molar-refractivity contribution in [1.82, 2.24) is 5.32 Å². The van der Waals surface area contributed by atoms with Crippen LogP contribution in [-0.4, -0.2) is 19.8 Å². The second-order valence-corrected chi connectivity index (χ2v) is 6.36. The van der Waals surface area contributed by atoms with E-state index in [2.05, 4.69) is 51.7 Å². The van der Waals surface area contributed by atoms with Gasteiger partial charge >= 0.3 is 0 Å². The number of ether oxygens (including phenoxy) is 2. The summed E-state index contributed by atoms with van der Waals surface area (Å²) in [5, 5.41) is 5.64. The van der Waals surface area contributed by atoms with E-state index in [0.29, 0.717) is 13.2 Å². The van der Waals surface area contributed by atoms with Crippen LogP contribution < -0.4 is 14.8 Å². The van der Waals surface area contributed by atoms with Crippen molar-refractivity contribution in [3.05, 3.63) is 44.6 Å². The van der Waals surface area contributed by atoms with Gasteiger partial charge in [-0.05, 0) is 35.7 Å². The molecule has 1 aromatic heterocycles. The third-order valence-corrected chi connectivity index (χ3v) is 4.83.